The Morgan fingerprint density at radius 1 is 1.06 bits per heavy atom. The first-order chi connectivity index (χ1) is 7.83. The molecule has 2 nitrogen and oxygen atoms in total. The van der Waals surface area contributed by atoms with Crippen molar-refractivity contribution in [3.05, 3.63) is 54.2 Å². The van der Waals surface area contributed by atoms with Crippen LogP contribution in [0.1, 0.15) is 5.56 Å². The number of fused-ring (bicyclic) bond motifs is 1. The quantitative estimate of drug-likeness (QED) is 0.651. The Hall–Kier alpha value is -2.09. The Kier molecular flexibility index (Phi) is 2.00. The summed E-state index contributed by atoms with van der Waals surface area (Å²) < 4.78 is 0. The third-order valence-electron chi connectivity index (χ3n) is 2.72. The molecule has 3 aromatic rings. The van der Waals surface area contributed by atoms with E-state index in [2.05, 4.69) is 53.3 Å². The summed E-state index contributed by atoms with van der Waals surface area (Å²) in [6.07, 6.45) is 1.80. The summed E-state index contributed by atoms with van der Waals surface area (Å²) in [5, 5.41) is 1.15. The van der Waals surface area contributed by atoms with E-state index in [-0.39, 0.29) is 0 Å². The van der Waals surface area contributed by atoms with Crippen molar-refractivity contribution in [2.75, 3.05) is 0 Å². The lowest BCUT2D eigenvalue weighted by Gasteiger charge is -1.98. The standard InChI is InChI=1S/C14H12N2/c1-10-4-2-5-11(8-10)13-9-12-6-3-7-15-14(12)16-13/h2-9H,1H3,(H,15,16). The smallest absolute Gasteiger partial charge is 0.137 e. The molecule has 2 heteroatoms. The molecule has 2 aromatic heterocycles. The molecule has 0 saturated heterocycles. The maximum Gasteiger partial charge on any atom is 0.137 e. The van der Waals surface area contributed by atoms with Gasteiger partial charge in [0.1, 0.15) is 5.65 Å². The molecule has 0 unspecified atom stereocenters. The fourth-order valence-electron chi connectivity index (χ4n) is 1.93. The van der Waals surface area contributed by atoms with Crippen LogP contribution in [0.5, 0.6) is 0 Å². The van der Waals surface area contributed by atoms with Gasteiger partial charge < -0.3 is 4.98 Å². The zero-order valence-electron chi connectivity index (χ0n) is 9.07. The number of benzene rings is 1. The average molecular weight is 208 g/mol. The molecule has 0 fully saturated rings. The SMILES string of the molecule is Cc1cccc(-c2cc3cccnc3[nH]2)c1. The second kappa shape index (κ2) is 3.49. The highest BCUT2D eigenvalue weighted by molar-refractivity contribution is 5.82. The minimum atomic E-state index is 0.944. The fourth-order valence-corrected chi connectivity index (χ4v) is 1.93. The van der Waals surface area contributed by atoms with Crippen molar-refractivity contribution in [3.8, 4) is 11.3 Å². The Bertz CT molecular complexity index is 605. The minimum absolute atomic E-state index is 0.944. The summed E-state index contributed by atoms with van der Waals surface area (Å²) in [6, 6.07) is 14.6. The first kappa shape index (κ1) is 9.16. The van der Waals surface area contributed by atoms with E-state index in [0.29, 0.717) is 0 Å². The Labute approximate surface area is 94.0 Å². The van der Waals surface area contributed by atoms with Crippen molar-refractivity contribution >= 4 is 11.0 Å². The number of pyridine rings is 1. The van der Waals surface area contributed by atoms with Crippen molar-refractivity contribution in [1.29, 1.82) is 0 Å². The van der Waals surface area contributed by atoms with E-state index < -0.39 is 0 Å². The van der Waals surface area contributed by atoms with E-state index in [1.165, 1.54) is 11.1 Å². The number of aromatic nitrogens is 2. The van der Waals surface area contributed by atoms with Crippen molar-refractivity contribution in [2.45, 2.75) is 6.92 Å². The fraction of sp³-hybridized carbons (Fsp3) is 0.0714. The second-order valence-electron chi connectivity index (χ2n) is 3.99. The number of nitrogens with one attached hydrogen (secondary N) is 1. The number of hydrogen-bond acceptors (Lipinski definition) is 1. The molecule has 2 heterocycles. The van der Waals surface area contributed by atoms with Gasteiger partial charge in [0.15, 0.2) is 0 Å². The third kappa shape index (κ3) is 1.48. The van der Waals surface area contributed by atoms with Crippen LogP contribution in [0.15, 0.2) is 48.7 Å². The van der Waals surface area contributed by atoms with Crippen LogP contribution in [0.3, 0.4) is 0 Å². The van der Waals surface area contributed by atoms with E-state index >= 15 is 0 Å². The van der Waals surface area contributed by atoms with E-state index in [4.69, 9.17) is 0 Å². The Balaban J connectivity index is 2.19. The topological polar surface area (TPSA) is 28.7 Å². The summed E-state index contributed by atoms with van der Waals surface area (Å²) in [4.78, 5) is 7.62. The maximum atomic E-state index is 4.29. The first-order valence-corrected chi connectivity index (χ1v) is 5.34. The molecule has 0 amide bonds. The number of aromatic amines is 1. The number of aryl methyl sites for hydroxylation is 1. The van der Waals surface area contributed by atoms with E-state index in [1.54, 1.807) is 6.20 Å². The van der Waals surface area contributed by atoms with Crippen LogP contribution in [0.4, 0.5) is 0 Å². The van der Waals surface area contributed by atoms with Crippen LogP contribution in [-0.4, -0.2) is 9.97 Å². The number of H-pyrrole nitrogens is 1. The molecule has 3 rings (SSSR count). The zero-order chi connectivity index (χ0) is 11.0. The van der Waals surface area contributed by atoms with Gasteiger partial charge in [-0.05, 0) is 36.8 Å². The Morgan fingerprint density at radius 3 is 2.81 bits per heavy atom. The molecule has 1 aromatic carbocycles. The van der Waals surface area contributed by atoms with Crippen LogP contribution in [0.2, 0.25) is 0 Å². The van der Waals surface area contributed by atoms with E-state index in [1.807, 2.05) is 6.07 Å². The average Bonchev–Trinajstić information content (AvgIpc) is 2.72. The molecule has 0 aliphatic rings. The largest absolute Gasteiger partial charge is 0.339 e. The lowest BCUT2D eigenvalue weighted by atomic mass is 10.1. The molecule has 16 heavy (non-hydrogen) atoms. The van der Waals surface area contributed by atoms with Crippen LogP contribution < -0.4 is 0 Å². The van der Waals surface area contributed by atoms with Gasteiger partial charge in [0.05, 0.1) is 0 Å². The molecule has 1 N–H and O–H groups in total. The Morgan fingerprint density at radius 2 is 2.00 bits per heavy atom. The molecule has 0 bridgehead atoms. The molecule has 0 spiro atoms. The molecule has 0 saturated carbocycles. The highest BCUT2D eigenvalue weighted by Crippen LogP contribution is 2.23. The van der Waals surface area contributed by atoms with Crippen molar-refractivity contribution < 1.29 is 0 Å². The second-order valence-corrected chi connectivity index (χ2v) is 3.99. The number of hydrogen-bond donors (Lipinski definition) is 1. The van der Waals surface area contributed by atoms with Crippen molar-refractivity contribution in [3.63, 3.8) is 0 Å². The van der Waals surface area contributed by atoms with E-state index in [0.717, 1.165) is 16.7 Å². The van der Waals surface area contributed by atoms with Crippen molar-refractivity contribution in [2.24, 2.45) is 0 Å². The van der Waals surface area contributed by atoms with Crippen molar-refractivity contribution in [1.82, 2.24) is 9.97 Å². The molecule has 0 aliphatic carbocycles. The number of rotatable bonds is 1. The van der Waals surface area contributed by atoms with Gasteiger partial charge in [-0.25, -0.2) is 4.98 Å². The van der Waals surface area contributed by atoms with Gasteiger partial charge in [0, 0.05) is 17.3 Å². The molecule has 0 atom stereocenters. The minimum Gasteiger partial charge on any atom is -0.339 e. The molecular formula is C14H12N2. The van der Waals surface area contributed by atoms with Gasteiger partial charge in [0.2, 0.25) is 0 Å². The predicted octanol–water partition coefficient (Wildman–Crippen LogP) is 3.54. The van der Waals surface area contributed by atoms with Gasteiger partial charge in [-0.3, -0.25) is 0 Å². The summed E-state index contributed by atoms with van der Waals surface area (Å²) in [5.74, 6) is 0. The summed E-state index contributed by atoms with van der Waals surface area (Å²) in [7, 11) is 0. The molecule has 0 aliphatic heterocycles. The van der Waals surface area contributed by atoms with Crippen LogP contribution in [0, 0.1) is 6.92 Å². The summed E-state index contributed by atoms with van der Waals surface area (Å²) in [5.41, 5.74) is 4.54. The number of nitrogens with zero attached hydrogens (tertiary/aromatic N) is 1. The van der Waals surface area contributed by atoms with E-state index in [9.17, 15) is 0 Å². The van der Waals surface area contributed by atoms with Gasteiger partial charge in [0.25, 0.3) is 0 Å². The summed E-state index contributed by atoms with van der Waals surface area (Å²) in [6.45, 7) is 2.10. The van der Waals surface area contributed by atoms with Gasteiger partial charge in [-0.15, -0.1) is 0 Å². The van der Waals surface area contributed by atoms with Gasteiger partial charge in [-0.1, -0.05) is 23.8 Å². The monoisotopic (exact) mass is 208 g/mol. The van der Waals surface area contributed by atoms with Crippen LogP contribution >= 0.6 is 0 Å². The molecule has 78 valence electrons. The maximum absolute atomic E-state index is 4.29. The summed E-state index contributed by atoms with van der Waals surface area (Å²) >= 11 is 0. The first-order valence-electron chi connectivity index (χ1n) is 5.34. The normalized spacial score (nSPS) is 10.8. The van der Waals surface area contributed by atoms with Crippen LogP contribution in [-0.2, 0) is 0 Å². The highest BCUT2D eigenvalue weighted by atomic mass is 14.8. The predicted molar refractivity (Wildman–Crippen MR) is 66.3 cm³/mol. The molecular weight excluding hydrogens is 196 g/mol. The van der Waals surface area contributed by atoms with Crippen LogP contribution in [0.25, 0.3) is 22.3 Å². The highest BCUT2D eigenvalue weighted by Gasteiger charge is 2.03. The van der Waals surface area contributed by atoms with Gasteiger partial charge in [-0.2, -0.15) is 0 Å². The molecule has 0 radical (unpaired) electrons. The lowest BCUT2D eigenvalue weighted by molar-refractivity contribution is 1.32. The lowest BCUT2D eigenvalue weighted by Crippen LogP contribution is -1.79. The zero-order valence-corrected chi connectivity index (χ0v) is 9.07. The van der Waals surface area contributed by atoms with Gasteiger partial charge >= 0.3 is 0 Å². The third-order valence-corrected chi connectivity index (χ3v) is 2.72.